The highest BCUT2D eigenvalue weighted by atomic mass is 16.2. The largest absolute Gasteiger partial charge is 0.351 e. The maximum atomic E-state index is 12.9. The number of carbonyl (C=O) groups is 1. The summed E-state index contributed by atoms with van der Waals surface area (Å²) in [5, 5.41) is 13.3. The van der Waals surface area contributed by atoms with Crippen molar-refractivity contribution in [3.05, 3.63) is 18.0 Å². The maximum absolute atomic E-state index is 12.9. The third-order valence-corrected chi connectivity index (χ3v) is 5.97. The molecule has 2 aliphatic rings. The van der Waals surface area contributed by atoms with Gasteiger partial charge in [-0.3, -0.25) is 4.79 Å². The fourth-order valence-corrected chi connectivity index (χ4v) is 4.14. The van der Waals surface area contributed by atoms with Gasteiger partial charge in [-0.25, -0.2) is 0 Å². The average molecular weight is 386 g/mol. The van der Waals surface area contributed by atoms with Crippen molar-refractivity contribution in [3.8, 4) is 0 Å². The number of likely N-dealkylation sites (tertiary alicyclic amines) is 1. The molecule has 8 heteroatoms. The lowest BCUT2D eigenvalue weighted by Gasteiger charge is -2.45. The number of hydrogen-bond donors (Lipinski definition) is 0. The zero-order valence-corrected chi connectivity index (χ0v) is 17.6. The summed E-state index contributed by atoms with van der Waals surface area (Å²) < 4.78 is 1.84. The second-order valence-corrected chi connectivity index (χ2v) is 9.34. The molecule has 1 amide bonds. The van der Waals surface area contributed by atoms with Gasteiger partial charge in [-0.15, -0.1) is 15.3 Å². The molecule has 28 heavy (non-hydrogen) atoms. The lowest BCUT2D eigenvalue weighted by atomic mass is 9.95. The standard InChI is InChI=1S/C20H31N7O/c1-20(2,3)19-22-21-16-8-9-17(23-27(16)19)26-12-15(13-26)25(5)18(28)14-7-6-10-24(4)11-14/h8-9,14-15H,6-7,10-13H2,1-5H3. The molecular weight excluding hydrogens is 354 g/mol. The Morgan fingerprint density at radius 2 is 1.93 bits per heavy atom. The number of fused-ring (bicyclic) bond motifs is 1. The Balaban J connectivity index is 1.42. The fourth-order valence-electron chi connectivity index (χ4n) is 4.14. The van der Waals surface area contributed by atoms with Gasteiger partial charge < -0.3 is 14.7 Å². The number of piperidine rings is 1. The van der Waals surface area contributed by atoms with Crippen molar-refractivity contribution >= 4 is 17.4 Å². The number of aromatic nitrogens is 4. The minimum atomic E-state index is -0.123. The van der Waals surface area contributed by atoms with E-state index in [0.717, 1.165) is 56.3 Å². The van der Waals surface area contributed by atoms with E-state index in [1.807, 2.05) is 28.6 Å². The normalized spacial score (nSPS) is 21.8. The molecule has 2 aromatic rings. The van der Waals surface area contributed by atoms with Crippen LogP contribution in [0.15, 0.2) is 12.1 Å². The Labute approximate surface area is 166 Å². The lowest BCUT2D eigenvalue weighted by molar-refractivity contribution is -0.138. The molecule has 1 atom stereocenters. The summed E-state index contributed by atoms with van der Waals surface area (Å²) in [5.41, 5.74) is 0.641. The SMILES string of the molecule is CN1CCCC(C(=O)N(C)C2CN(c3ccc4nnc(C(C)(C)C)n4n3)C2)C1. The highest BCUT2D eigenvalue weighted by Crippen LogP contribution is 2.26. The number of anilines is 1. The van der Waals surface area contributed by atoms with E-state index >= 15 is 0 Å². The molecule has 8 nitrogen and oxygen atoms in total. The Hall–Kier alpha value is -2.22. The molecule has 2 aromatic heterocycles. The molecular formula is C20H31N7O. The van der Waals surface area contributed by atoms with Crippen molar-refractivity contribution < 1.29 is 4.79 Å². The summed E-state index contributed by atoms with van der Waals surface area (Å²) in [7, 11) is 4.05. The number of nitrogens with zero attached hydrogens (tertiary/aromatic N) is 7. The van der Waals surface area contributed by atoms with E-state index in [9.17, 15) is 4.79 Å². The first-order valence-electron chi connectivity index (χ1n) is 10.2. The van der Waals surface area contributed by atoms with Crippen LogP contribution in [0.25, 0.3) is 5.65 Å². The predicted molar refractivity (Wildman–Crippen MR) is 108 cm³/mol. The molecule has 1 unspecified atom stereocenters. The van der Waals surface area contributed by atoms with Gasteiger partial charge in [0.05, 0.1) is 12.0 Å². The number of rotatable bonds is 3. The number of amides is 1. The first kappa shape index (κ1) is 19.1. The third kappa shape index (κ3) is 3.45. The van der Waals surface area contributed by atoms with Crippen LogP contribution in [0.1, 0.15) is 39.4 Å². The van der Waals surface area contributed by atoms with E-state index in [2.05, 4.69) is 47.8 Å². The van der Waals surface area contributed by atoms with Gasteiger partial charge in [0.2, 0.25) is 5.91 Å². The van der Waals surface area contributed by atoms with E-state index in [1.165, 1.54) is 0 Å². The number of likely N-dealkylation sites (N-methyl/N-ethyl adjacent to an activating group) is 1. The van der Waals surface area contributed by atoms with Crippen LogP contribution in [0.4, 0.5) is 5.82 Å². The molecule has 4 rings (SSSR count). The first-order valence-corrected chi connectivity index (χ1v) is 10.2. The van der Waals surface area contributed by atoms with Crippen LogP contribution < -0.4 is 4.90 Å². The van der Waals surface area contributed by atoms with Gasteiger partial charge in [0.25, 0.3) is 0 Å². The summed E-state index contributed by atoms with van der Waals surface area (Å²) in [4.78, 5) is 19.3. The Bertz CT molecular complexity index is 865. The average Bonchev–Trinajstić information content (AvgIpc) is 3.03. The van der Waals surface area contributed by atoms with Crippen molar-refractivity contribution in [2.75, 3.05) is 45.2 Å². The molecule has 4 heterocycles. The van der Waals surface area contributed by atoms with Gasteiger partial charge in [0.1, 0.15) is 5.82 Å². The third-order valence-electron chi connectivity index (χ3n) is 5.97. The highest BCUT2D eigenvalue weighted by molar-refractivity contribution is 5.79. The van der Waals surface area contributed by atoms with Gasteiger partial charge in [-0.2, -0.15) is 4.52 Å². The monoisotopic (exact) mass is 385 g/mol. The predicted octanol–water partition coefficient (Wildman–Crippen LogP) is 1.41. The van der Waals surface area contributed by atoms with Crippen LogP contribution in [0.5, 0.6) is 0 Å². The molecule has 0 spiro atoms. The Morgan fingerprint density at radius 1 is 1.18 bits per heavy atom. The van der Waals surface area contributed by atoms with Crippen LogP contribution in [0.3, 0.4) is 0 Å². The van der Waals surface area contributed by atoms with Gasteiger partial charge in [0, 0.05) is 32.1 Å². The van der Waals surface area contributed by atoms with Crippen LogP contribution >= 0.6 is 0 Å². The fraction of sp³-hybridized carbons (Fsp3) is 0.700. The first-order chi connectivity index (χ1) is 13.2. The summed E-state index contributed by atoms with van der Waals surface area (Å²) in [6.45, 7) is 9.94. The molecule has 2 saturated heterocycles. The zero-order valence-electron chi connectivity index (χ0n) is 17.6. The molecule has 2 aliphatic heterocycles. The van der Waals surface area contributed by atoms with Crippen LogP contribution in [0.2, 0.25) is 0 Å². The van der Waals surface area contributed by atoms with Crippen LogP contribution in [-0.4, -0.2) is 81.8 Å². The van der Waals surface area contributed by atoms with E-state index in [-0.39, 0.29) is 23.3 Å². The summed E-state index contributed by atoms with van der Waals surface area (Å²) in [6, 6.07) is 4.20. The Morgan fingerprint density at radius 3 is 2.61 bits per heavy atom. The second kappa shape index (κ2) is 6.99. The van der Waals surface area contributed by atoms with Crippen LogP contribution in [-0.2, 0) is 10.2 Å². The topological polar surface area (TPSA) is 69.9 Å². The lowest BCUT2D eigenvalue weighted by Crippen LogP contribution is -2.61. The second-order valence-electron chi connectivity index (χ2n) is 9.34. The van der Waals surface area contributed by atoms with E-state index < -0.39 is 0 Å². The van der Waals surface area contributed by atoms with Crippen molar-refractivity contribution in [1.82, 2.24) is 29.6 Å². The van der Waals surface area contributed by atoms with Crippen LogP contribution in [0, 0.1) is 5.92 Å². The van der Waals surface area contributed by atoms with Crippen molar-refractivity contribution in [1.29, 1.82) is 0 Å². The van der Waals surface area contributed by atoms with Crippen molar-refractivity contribution in [2.45, 2.75) is 45.1 Å². The molecule has 152 valence electrons. The smallest absolute Gasteiger partial charge is 0.227 e. The quantitative estimate of drug-likeness (QED) is 0.796. The minimum absolute atomic E-state index is 0.123. The van der Waals surface area contributed by atoms with Crippen molar-refractivity contribution in [2.24, 2.45) is 5.92 Å². The summed E-state index contributed by atoms with van der Waals surface area (Å²) in [6.07, 6.45) is 2.11. The molecule has 2 fully saturated rings. The Kier molecular flexibility index (Phi) is 4.77. The number of carbonyl (C=O) groups excluding carboxylic acids is 1. The molecule has 0 radical (unpaired) electrons. The molecule has 0 N–H and O–H groups in total. The van der Waals surface area contributed by atoms with E-state index in [1.54, 1.807) is 0 Å². The zero-order chi connectivity index (χ0) is 20.1. The molecule has 0 bridgehead atoms. The van der Waals surface area contributed by atoms with E-state index in [0.29, 0.717) is 0 Å². The van der Waals surface area contributed by atoms with Gasteiger partial charge in [0.15, 0.2) is 11.5 Å². The molecule has 0 saturated carbocycles. The molecule has 0 aromatic carbocycles. The molecule has 0 aliphatic carbocycles. The van der Waals surface area contributed by atoms with Gasteiger partial charge in [-0.05, 0) is 38.6 Å². The summed E-state index contributed by atoms with van der Waals surface area (Å²) in [5.74, 6) is 2.19. The summed E-state index contributed by atoms with van der Waals surface area (Å²) >= 11 is 0. The minimum Gasteiger partial charge on any atom is -0.351 e. The van der Waals surface area contributed by atoms with Crippen molar-refractivity contribution in [3.63, 3.8) is 0 Å². The van der Waals surface area contributed by atoms with Gasteiger partial charge >= 0.3 is 0 Å². The van der Waals surface area contributed by atoms with Gasteiger partial charge in [-0.1, -0.05) is 20.8 Å². The van der Waals surface area contributed by atoms with E-state index in [4.69, 9.17) is 5.10 Å². The maximum Gasteiger partial charge on any atom is 0.227 e. The number of hydrogen-bond acceptors (Lipinski definition) is 6. The highest BCUT2D eigenvalue weighted by Gasteiger charge is 2.36.